The number of carbonyl (C=O) groups is 2. The Morgan fingerprint density at radius 2 is 1.91 bits per heavy atom. The summed E-state index contributed by atoms with van der Waals surface area (Å²) in [5.41, 5.74) is -0.374. The first-order valence-corrected chi connectivity index (χ1v) is 7.84. The van der Waals surface area contributed by atoms with Crippen LogP contribution < -0.4 is 15.4 Å². The number of carbonyl (C=O) groups excluding carboxylic acids is 2. The minimum Gasteiger partial charge on any atom is -0.489 e. The van der Waals surface area contributed by atoms with Gasteiger partial charge in [0.15, 0.2) is 0 Å². The number of benzene rings is 1. The number of ether oxygens (including phenoxy) is 2. The van der Waals surface area contributed by atoms with Crippen molar-refractivity contribution in [1.82, 2.24) is 5.32 Å². The summed E-state index contributed by atoms with van der Waals surface area (Å²) in [6.45, 7) is 4.67. The quantitative estimate of drug-likeness (QED) is 0.567. The summed E-state index contributed by atoms with van der Waals surface area (Å²) < 4.78 is 10.6. The third-order valence-corrected chi connectivity index (χ3v) is 3.71. The van der Waals surface area contributed by atoms with Crippen LogP contribution in [0.1, 0.15) is 26.7 Å². The third-order valence-electron chi connectivity index (χ3n) is 3.71. The van der Waals surface area contributed by atoms with E-state index in [2.05, 4.69) is 10.6 Å². The monoisotopic (exact) mass is 320 g/mol. The van der Waals surface area contributed by atoms with Gasteiger partial charge in [-0.05, 0) is 38.8 Å². The van der Waals surface area contributed by atoms with E-state index in [0.717, 1.165) is 0 Å². The molecule has 1 saturated carbocycles. The largest absolute Gasteiger partial charge is 0.489 e. The second kappa shape index (κ2) is 7.46. The van der Waals surface area contributed by atoms with Crippen molar-refractivity contribution in [2.75, 3.05) is 25.6 Å². The van der Waals surface area contributed by atoms with E-state index in [1.165, 1.54) is 0 Å². The number of hydrogen-bond acceptors (Lipinski definition) is 4. The number of nitrogens with one attached hydrogen (secondary N) is 2. The molecular formula is C17H24N2O4. The first-order valence-electron chi connectivity index (χ1n) is 7.84. The van der Waals surface area contributed by atoms with Crippen LogP contribution in [0.4, 0.5) is 5.69 Å². The maximum absolute atomic E-state index is 12.6. The maximum Gasteiger partial charge on any atom is 0.240 e. The summed E-state index contributed by atoms with van der Waals surface area (Å²) in [5.74, 6) is 0.0768. The Kier molecular flexibility index (Phi) is 5.60. The van der Waals surface area contributed by atoms with Crippen LogP contribution >= 0.6 is 0 Å². The van der Waals surface area contributed by atoms with Gasteiger partial charge in [0.25, 0.3) is 0 Å². The number of methoxy groups -OCH3 is 1. The average molecular weight is 320 g/mol. The molecule has 1 fully saturated rings. The normalized spacial score (nSPS) is 15.1. The lowest BCUT2D eigenvalue weighted by molar-refractivity contribution is -0.134. The minimum absolute atomic E-state index is 0.000259. The molecule has 0 unspecified atom stereocenters. The van der Waals surface area contributed by atoms with Gasteiger partial charge in [-0.25, -0.2) is 0 Å². The van der Waals surface area contributed by atoms with Gasteiger partial charge < -0.3 is 20.1 Å². The van der Waals surface area contributed by atoms with Gasteiger partial charge in [0.1, 0.15) is 11.2 Å². The highest BCUT2D eigenvalue weighted by molar-refractivity contribution is 6.13. The van der Waals surface area contributed by atoms with Gasteiger partial charge >= 0.3 is 0 Å². The van der Waals surface area contributed by atoms with Crippen molar-refractivity contribution in [3.63, 3.8) is 0 Å². The standard InChI is InChI=1S/C17H24N2O4/c1-12(2)23-14-7-5-4-6-13(14)19-16(21)17(8-9-17)15(20)18-10-11-22-3/h4-7,12H,8-11H2,1-3H3,(H,18,20)(H,19,21). The maximum atomic E-state index is 12.6. The van der Waals surface area contributed by atoms with Gasteiger partial charge in [-0.15, -0.1) is 0 Å². The Balaban J connectivity index is 2.03. The molecule has 126 valence electrons. The molecular weight excluding hydrogens is 296 g/mol. The number of anilines is 1. The molecule has 2 amide bonds. The van der Waals surface area contributed by atoms with E-state index in [9.17, 15) is 9.59 Å². The predicted octanol–water partition coefficient (Wildman–Crippen LogP) is 1.96. The zero-order valence-corrected chi connectivity index (χ0v) is 13.8. The molecule has 6 nitrogen and oxygen atoms in total. The summed E-state index contributed by atoms with van der Waals surface area (Å²) in [5, 5.41) is 5.58. The van der Waals surface area contributed by atoms with Gasteiger partial charge in [-0.1, -0.05) is 12.1 Å². The smallest absolute Gasteiger partial charge is 0.240 e. The molecule has 0 aromatic heterocycles. The lowest BCUT2D eigenvalue weighted by Gasteiger charge is -2.18. The molecule has 2 rings (SSSR count). The van der Waals surface area contributed by atoms with Crippen LogP contribution in [0.15, 0.2) is 24.3 Å². The highest BCUT2D eigenvalue weighted by Gasteiger charge is 2.56. The van der Waals surface area contributed by atoms with Gasteiger partial charge in [0.2, 0.25) is 11.8 Å². The van der Waals surface area contributed by atoms with E-state index in [4.69, 9.17) is 9.47 Å². The molecule has 1 aromatic carbocycles. The van der Waals surface area contributed by atoms with Crippen molar-refractivity contribution in [2.24, 2.45) is 5.41 Å². The summed E-state index contributed by atoms with van der Waals surface area (Å²) in [6.07, 6.45) is 1.12. The molecule has 0 heterocycles. The zero-order valence-electron chi connectivity index (χ0n) is 13.8. The number of para-hydroxylation sites is 2. The fourth-order valence-corrected chi connectivity index (χ4v) is 2.29. The first-order chi connectivity index (χ1) is 11.0. The average Bonchev–Trinajstić information content (AvgIpc) is 3.30. The predicted molar refractivity (Wildman–Crippen MR) is 87.4 cm³/mol. The second-order valence-corrected chi connectivity index (χ2v) is 5.95. The SMILES string of the molecule is COCCNC(=O)C1(C(=O)Nc2ccccc2OC(C)C)CC1. The van der Waals surface area contributed by atoms with Crippen LogP contribution in [-0.2, 0) is 14.3 Å². The first kappa shape index (κ1) is 17.3. The van der Waals surface area contributed by atoms with E-state index in [1.54, 1.807) is 19.2 Å². The van der Waals surface area contributed by atoms with Crippen molar-refractivity contribution in [3.8, 4) is 5.75 Å². The molecule has 0 aliphatic heterocycles. The highest BCUT2D eigenvalue weighted by atomic mass is 16.5. The van der Waals surface area contributed by atoms with Gasteiger partial charge in [-0.3, -0.25) is 9.59 Å². The van der Waals surface area contributed by atoms with Crippen molar-refractivity contribution in [1.29, 1.82) is 0 Å². The van der Waals surface area contributed by atoms with Crippen molar-refractivity contribution >= 4 is 17.5 Å². The molecule has 1 aliphatic rings. The van der Waals surface area contributed by atoms with Crippen LogP contribution in [-0.4, -0.2) is 38.2 Å². The Bertz CT molecular complexity index is 567. The molecule has 0 spiro atoms. The molecule has 1 aliphatic carbocycles. The molecule has 23 heavy (non-hydrogen) atoms. The van der Waals surface area contributed by atoms with E-state index in [1.807, 2.05) is 26.0 Å². The third kappa shape index (κ3) is 4.22. The molecule has 1 aromatic rings. The van der Waals surface area contributed by atoms with Crippen molar-refractivity contribution in [2.45, 2.75) is 32.8 Å². The molecule has 0 saturated heterocycles. The Morgan fingerprint density at radius 3 is 2.52 bits per heavy atom. The summed E-state index contributed by atoms with van der Waals surface area (Å²) in [7, 11) is 1.57. The van der Waals surface area contributed by atoms with E-state index in [-0.39, 0.29) is 17.9 Å². The van der Waals surface area contributed by atoms with Gasteiger partial charge in [0, 0.05) is 13.7 Å². The van der Waals surface area contributed by atoms with E-state index < -0.39 is 5.41 Å². The fraction of sp³-hybridized carbons (Fsp3) is 0.529. The molecule has 6 heteroatoms. The van der Waals surface area contributed by atoms with Gasteiger partial charge in [0.05, 0.1) is 18.4 Å². The van der Waals surface area contributed by atoms with Crippen LogP contribution in [0.25, 0.3) is 0 Å². The lowest BCUT2D eigenvalue weighted by Crippen LogP contribution is -2.41. The second-order valence-electron chi connectivity index (χ2n) is 5.95. The van der Waals surface area contributed by atoms with Gasteiger partial charge in [-0.2, -0.15) is 0 Å². The van der Waals surface area contributed by atoms with Crippen molar-refractivity contribution < 1.29 is 19.1 Å². The fourth-order valence-electron chi connectivity index (χ4n) is 2.29. The number of hydrogen-bond donors (Lipinski definition) is 2. The summed E-state index contributed by atoms with van der Waals surface area (Å²) in [6, 6.07) is 7.24. The molecule has 2 N–H and O–H groups in total. The van der Waals surface area contributed by atoms with E-state index in [0.29, 0.717) is 37.4 Å². The molecule has 0 bridgehead atoms. The van der Waals surface area contributed by atoms with Crippen molar-refractivity contribution in [3.05, 3.63) is 24.3 Å². The van der Waals surface area contributed by atoms with Crippen LogP contribution in [0.5, 0.6) is 5.75 Å². The molecule has 0 radical (unpaired) electrons. The number of amides is 2. The van der Waals surface area contributed by atoms with E-state index >= 15 is 0 Å². The van der Waals surface area contributed by atoms with Crippen LogP contribution in [0.3, 0.4) is 0 Å². The van der Waals surface area contributed by atoms with Crippen LogP contribution in [0, 0.1) is 5.41 Å². The number of rotatable bonds is 8. The lowest BCUT2D eigenvalue weighted by atomic mass is 10.0. The van der Waals surface area contributed by atoms with Crippen LogP contribution in [0.2, 0.25) is 0 Å². The zero-order chi connectivity index (χ0) is 16.9. The Labute approximate surface area is 136 Å². The highest BCUT2D eigenvalue weighted by Crippen LogP contribution is 2.47. The summed E-state index contributed by atoms with van der Waals surface area (Å²) >= 11 is 0. The minimum atomic E-state index is -0.960. The molecule has 0 atom stereocenters. The Hall–Kier alpha value is -2.08. The Morgan fingerprint density at radius 1 is 1.22 bits per heavy atom. The summed E-state index contributed by atoms with van der Waals surface area (Å²) in [4.78, 5) is 24.8. The topological polar surface area (TPSA) is 76.7 Å².